The molecule has 0 bridgehead atoms. The van der Waals surface area contributed by atoms with Crippen molar-refractivity contribution in [3.63, 3.8) is 0 Å². The lowest BCUT2D eigenvalue weighted by molar-refractivity contribution is -0.115. The fourth-order valence-electron chi connectivity index (χ4n) is 3.50. The van der Waals surface area contributed by atoms with Gasteiger partial charge in [0, 0.05) is 26.1 Å². The molecule has 184 valence electrons. The van der Waals surface area contributed by atoms with Crippen LogP contribution >= 0.6 is 35.1 Å². The minimum Gasteiger partial charge on any atom is -0.411 e. The van der Waals surface area contributed by atoms with Crippen LogP contribution in [0.15, 0.2) is 86.2 Å². The summed E-state index contributed by atoms with van der Waals surface area (Å²) in [5, 5.41) is 8.91. The van der Waals surface area contributed by atoms with E-state index in [4.69, 9.17) is 16.0 Å². The summed E-state index contributed by atoms with van der Waals surface area (Å²) in [5.41, 5.74) is 2.61. The smallest absolute Gasteiger partial charge is 0.277 e. The van der Waals surface area contributed by atoms with Crippen molar-refractivity contribution in [2.45, 2.75) is 21.9 Å². The monoisotopic (exact) mass is 558 g/mol. The molecule has 0 aliphatic carbocycles. The number of hydrogen-bond donors (Lipinski definition) is 1. The summed E-state index contributed by atoms with van der Waals surface area (Å²) in [7, 11) is -3.36. The molecule has 0 spiro atoms. The van der Waals surface area contributed by atoms with Crippen molar-refractivity contribution >= 4 is 68.1 Å². The van der Waals surface area contributed by atoms with Gasteiger partial charge in [0.2, 0.25) is 21.8 Å². The Morgan fingerprint density at radius 1 is 1.06 bits per heavy atom. The number of sulfonamides is 1. The SMILES string of the molecule is CCS(=O)(=O)Nc1ccc(-c2nnc(SCC(=O)N3c4ccccc4Sc4ccc(Cl)cc43)o2)cc1. The molecule has 8 nitrogen and oxygen atoms in total. The fraction of sp³-hybridized carbons (Fsp3) is 0.125. The topological polar surface area (TPSA) is 105 Å². The summed E-state index contributed by atoms with van der Waals surface area (Å²) < 4.78 is 31.7. The standard InChI is InChI=1S/C24H19ClN4O4S3/c1-2-36(31,32)28-17-10-7-15(8-11-17)23-26-27-24(33-23)34-14-22(30)29-18-5-3-4-6-20(18)35-21-12-9-16(25)13-19(21)29/h3-13,28H,2,14H2,1H3. The van der Waals surface area contributed by atoms with Crippen LogP contribution in [0, 0.1) is 0 Å². The van der Waals surface area contributed by atoms with Crippen molar-refractivity contribution in [2.75, 3.05) is 21.1 Å². The molecule has 4 aromatic rings. The zero-order chi connectivity index (χ0) is 25.3. The van der Waals surface area contributed by atoms with E-state index in [1.54, 1.807) is 53.9 Å². The summed E-state index contributed by atoms with van der Waals surface area (Å²) in [6.45, 7) is 1.57. The van der Waals surface area contributed by atoms with Crippen molar-refractivity contribution in [1.82, 2.24) is 10.2 Å². The molecule has 2 heterocycles. The van der Waals surface area contributed by atoms with Crippen LogP contribution in [0.25, 0.3) is 11.5 Å². The summed E-state index contributed by atoms with van der Waals surface area (Å²) >= 11 is 8.97. The predicted molar refractivity (Wildman–Crippen MR) is 143 cm³/mol. The maximum atomic E-state index is 13.4. The van der Waals surface area contributed by atoms with Crippen LogP contribution < -0.4 is 9.62 Å². The first kappa shape index (κ1) is 24.7. The number of carbonyl (C=O) groups excluding carboxylic acids is 1. The average molecular weight is 559 g/mol. The highest BCUT2D eigenvalue weighted by molar-refractivity contribution is 8.00. The van der Waals surface area contributed by atoms with Gasteiger partial charge < -0.3 is 4.42 Å². The highest BCUT2D eigenvalue weighted by Gasteiger charge is 2.28. The minimum atomic E-state index is -3.36. The van der Waals surface area contributed by atoms with Crippen LogP contribution in [-0.2, 0) is 14.8 Å². The first-order valence-corrected chi connectivity index (χ1v) is 14.6. The lowest BCUT2D eigenvalue weighted by Crippen LogP contribution is -2.30. The number of rotatable bonds is 7. The van der Waals surface area contributed by atoms with E-state index in [1.165, 1.54) is 0 Å². The third-order valence-corrected chi connectivity index (χ3v) is 8.72. The number of fused-ring (bicyclic) bond motifs is 2. The molecule has 0 unspecified atom stereocenters. The summed E-state index contributed by atoms with van der Waals surface area (Å²) in [6, 6.07) is 19.8. The number of halogens is 1. The average Bonchev–Trinajstić information content (AvgIpc) is 3.35. The van der Waals surface area contributed by atoms with Crippen LogP contribution in [0.1, 0.15) is 6.92 Å². The van der Waals surface area contributed by atoms with Crippen molar-refractivity contribution in [1.29, 1.82) is 0 Å². The Kier molecular flexibility index (Phi) is 6.98. The van der Waals surface area contributed by atoms with Crippen LogP contribution in [0.2, 0.25) is 5.02 Å². The molecule has 36 heavy (non-hydrogen) atoms. The van der Waals surface area contributed by atoms with Gasteiger partial charge in [-0.1, -0.05) is 47.3 Å². The fourth-order valence-corrected chi connectivity index (χ4v) is 5.96. The molecule has 0 atom stereocenters. The van der Waals surface area contributed by atoms with E-state index in [1.807, 2.05) is 36.4 Å². The molecule has 0 saturated heterocycles. The Morgan fingerprint density at radius 2 is 1.81 bits per heavy atom. The van der Waals surface area contributed by atoms with E-state index in [0.717, 1.165) is 32.9 Å². The maximum absolute atomic E-state index is 13.4. The zero-order valence-corrected chi connectivity index (χ0v) is 22.0. The van der Waals surface area contributed by atoms with Gasteiger partial charge in [-0.05, 0) is 61.5 Å². The van der Waals surface area contributed by atoms with Gasteiger partial charge in [0.1, 0.15) is 0 Å². The number of aromatic nitrogens is 2. The number of para-hydroxylation sites is 1. The van der Waals surface area contributed by atoms with E-state index >= 15 is 0 Å². The molecule has 0 radical (unpaired) electrons. The van der Waals surface area contributed by atoms with Crippen molar-refractivity contribution in [3.8, 4) is 11.5 Å². The lowest BCUT2D eigenvalue weighted by atomic mass is 10.2. The third-order valence-electron chi connectivity index (χ3n) is 5.25. The Balaban J connectivity index is 1.30. The molecule has 12 heteroatoms. The van der Waals surface area contributed by atoms with E-state index < -0.39 is 10.0 Å². The van der Waals surface area contributed by atoms with Crippen molar-refractivity contribution < 1.29 is 17.6 Å². The van der Waals surface area contributed by atoms with Gasteiger partial charge >= 0.3 is 0 Å². The van der Waals surface area contributed by atoms with Gasteiger partial charge in [-0.15, -0.1) is 10.2 Å². The Hall–Kier alpha value is -2.99. The number of nitrogens with zero attached hydrogens (tertiary/aromatic N) is 3. The predicted octanol–water partition coefficient (Wildman–Crippen LogP) is 6.07. The number of carbonyl (C=O) groups is 1. The maximum Gasteiger partial charge on any atom is 0.277 e. The third kappa shape index (κ3) is 5.24. The molecular formula is C24H19ClN4O4S3. The second-order valence-electron chi connectivity index (χ2n) is 7.66. The Morgan fingerprint density at radius 3 is 2.58 bits per heavy atom. The molecule has 5 rings (SSSR count). The van der Waals surface area contributed by atoms with Gasteiger partial charge in [-0.25, -0.2) is 8.42 Å². The highest BCUT2D eigenvalue weighted by Crippen LogP contribution is 2.49. The molecule has 1 amide bonds. The van der Waals surface area contributed by atoms with E-state index in [0.29, 0.717) is 16.3 Å². The number of benzene rings is 3. The second kappa shape index (κ2) is 10.2. The lowest BCUT2D eigenvalue weighted by Gasteiger charge is -2.31. The van der Waals surface area contributed by atoms with Crippen LogP contribution in [0.5, 0.6) is 0 Å². The van der Waals surface area contributed by atoms with Crippen LogP contribution in [0.4, 0.5) is 17.1 Å². The minimum absolute atomic E-state index is 0.0157. The summed E-state index contributed by atoms with van der Waals surface area (Å²) in [6.07, 6.45) is 0. The van der Waals surface area contributed by atoms with Gasteiger partial charge in [0.05, 0.1) is 22.9 Å². The van der Waals surface area contributed by atoms with E-state index in [9.17, 15) is 13.2 Å². The molecule has 1 N–H and O–H groups in total. The zero-order valence-electron chi connectivity index (χ0n) is 18.8. The normalized spacial score (nSPS) is 12.7. The largest absolute Gasteiger partial charge is 0.411 e. The van der Waals surface area contributed by atoms with E-state index in [-0.39, 0.29) is 28.5 Å². The number of amides is 1. The molecule has 1 aliphatic rings. The van der Waals surface area contributed by atoms with Gasteiger partial charge in [0.15, 0.2) is 0 Å². The summed E-state index contributed by atoms with van der Waals surface area (Å²) in [4.78, 5) is 17.0. The van der Waals surface area contributed by atoms with E-state index in [2.05, 4.69) is 14.9 Å². The second-order valence-corrected chi connectivity index (χ2v) is 12.1. The quantitative estimate of drug-likeness (QED) is 0.272. The number of nitrogens with one attached hydrogen (secondary N) is 1. The highest BCUT2D eigenvalue weighted by atomic mass is 35.5. The number of thioether (sulfide) groups is 1. The van der Waals surface area contributed by atoms with Crippen molar-refractivity contribution in [3.05, 3.63) is 71.8 Å². The summed E-state index contributed by atoms with van der Waals surface area (Å²) in [5.74, 6) is 0.179. The van der Waals surface area contributed by atoms with Gasteiger partial charge in [-0.3, -0.25) is 14.4 Å². The molecular weight excluding hydrogens is 540 g/mol. The Labute approximate surface area is 221 Å². The molecule has 3 aromatic carbocycles. The first-order chi connectivity index (χ1) is 17.3. The molecule has 1 aromatic heterocycles. The first-order valence-electron chi connectivity index (χ1n) is 10.8. The van der Waals surface area contributed by atoms with Gasteiger partial charge in [-0.2, -0.15) is 0 Å². The van der Waals surface area contributed by atoms with Crippen molar-refractivity contribution in [2.24, 2.45) is 0 Å². The van der Waals surface area contributed by atoms with Crippen LogP contribution in [0.3, 0.4) is 0 Å². The van der Waals surface area contributed by atoms with Crippen LogP contribution in [-0.4, -0.2) is 36.0 Å². The number of anilines is 3. The Bertz CT molecular complexity index is 1540. The molecule has 1 aliphatic heterocycles. The molecule has 0 fully saturated rings. The van der Waals surface area contributed by atoms with Gasteiger partial charge in [0.25, 0.3) is 5.22 Å². The molecule has 0 saturated carbocycles. The number of hydrogen-bond acceptors (Lipinski definition) is 8.